The van der Waals surface area contributed by atoms with Gasteiger partial charge in [-0.3, -0.25) is 18.6 Å². The standard InChI is InChI=1S/C49H79O14P/c1-3-5-7-8-9-10-11-12-13-14-15-16-17-18-19-22-26-29-33-37-43(52)62-41(39-61-64(58,59)63-49-47(56)45(54)44(53)46(55)48(49)57)38-60-42(51)36-32-28-25-23-20-21-24-27-31-35-40(50)34-30-6-4-2/h5-7,9-10,12-13,15-16,18-19,24,27,30-31,35,40-41,44-50,53-57H,3-4,8,11,14,17,20-23,25-26,28-29,32-34,36-39H2,1-2H3,(H,58,59)/b7-5-,10-9-,13-12-,16-15-,19-18-,27-24+,30-6+,35-31+/t40?,41-,44?,45-,46+,47-,48-,49?/m1/s1. The zero-order chi connectivity index (χ0) is 47.3. The third-order valence-corrected chi connectivity index (χ3v) is 11.0. The molecule has 0 amide bonds. The maximum atomic E-state index is 12.8. The number of aliphatic hydroxyl groups excluding tert-OH is 6. The Hall–Kier alpha value is -3.27. The Labute approximate surface area is 382 Å². The average Bonchev–Trinajstić information content (AvgIpc) is 3.27. The van der Waals surface area contributed by atoms with E-state index in [4.69, 9.17) is 18.5 Å². The number of esters is 2. The predicted molar refractivity (Wildman–Crippen MR) is 250 cm³/mol. The van der Waals surface area contributed by atoms with Gasteiger partial charge >= 0.3 is 19.8 Å². The number of carbonyl (C=O) groups is 2. The van der Waals surface area contributed by atoms with Crippen LogP contribution in [0.15, 0.2) is 97.2 Å². The fourth-order valence-corrected chi connectivity index (χ4v) is 7.26. The van der Waals surface area contributed by atoms with E-state index in [-0.39, 0.29) is 12.8 Å². The second-order valence-corrected chi connectivity index (χ2v) is 17.1. The number of phosphoric acid groups is 1. The molecule has 1 aliphatic carbocycles. The highest BCUT2D eigenvalue weighted by Gasteiger charge is 2.51. The van der Waals surface area contributed by atoms with E-state index in [0.717, 1.165) is 89.9 Å². The summed E-state index contributed by atoms with van der Waals surface area (Å²) in [5.74, 6) is -1.20. The van der Waals surface area contributed by atoms with Crippen molar-refractivity contribution < 1.29 is 68.2 Å². The number of ether oxygens (including phenoxy) is 2. The molecule has 7 N–H and O–H groups in total. The molecule has 0 aromatic heterocycles. The second-order valence-electron chi connectivity index (χ2n) is 15.7. The number of hydrogen-bond donors (Lipinski definition) is 7. The summed E-state index contributed by atoms with van der Waals surface area (Å²) in [7, 11) is -5.15. The minimum atomic E-state index is -5.15. The highest BCUT2D eigenvalue weighted by atomic mass is 31.2. The number of aliphatic hydroxyl groups is 6. The molecule has 1 rings (SSSR count). The number of phosphoric ester groups is 1. The molecule has 0 spiro atoms. The van der Waals surface area contributed by atoms with E-state index in [1.165, 1.54) is 0 Å². The first-order chi connectivity index (χ1) is 30.8. The van der Waals surface area contributed by atoms with Crippen LogP contribution in [0.5, 0.6) is 0 Å². The van der Waals surface area contributed by atoms with Crippen molar-refractivity contribution in [3.63, 3.8) is 0 Å². The Balaban J connectivity index is 2.52. The molecule has 14 nitrogen and oxygen atoms in total. The molecule has 4 unspecified atom stereocenters. The summed E-state index contributed by atoms with van der Waals surface area (Å²) in [6, 6.07) is 0. The topological polar surface area (TPSA) is 230 Å². The molecular formula is C49H79O14P. The third kappa shape index (κ3) is 30.0. The number of rotatable bonds is 36. The molecule has 0 radical (unpaired) electrons. The van der Waals surface area contributed by atoms with Crippen molar-refractivity contribution in [2.75, 3.05) is 13.2 Å². The van der Waals surface area contributed by atoms with Gasteiger partial charge in [0.2, 0.25) is 0 Å². The molecule has 1 fully saturated rings. The maximum Gasteiger partial charge on any atom is 0.472 e. The lowest BCUT2D eigenvalue weighted by Gasteiger charge is -2.41. The van der Waals surface area contributed by atoms with Gasteiger partial charge in [0.15, 0.2) is 6.10 Å². The van der Waals surface area contributed by atoms with Crippen LogP contribution in [0, 0.1) is 0 Å². The van der Waals surface area contributed by atoms with Gasteiger partial charge in [0.25, 0.3) is 0 Å². The van der Waals surface area contributed by atoms with Crippen molar-refractivity contribution in [2.45, 2.75) is 185 Å². The van der Waals surface area contributed by atoms with Crippen LogP contribution in [-0.4, -0.2) is 110 Å². The number of hydrogen-bond acceptors (Lipinski definition) is 13. The minimum absolute atomic E-state index is 0.0362. The van der Waals surface area contributed by atoms with Gasteiger partial charge in [0, 0.05) is 12.8 Å². The first-order valence-electron chi connectivity index (χ1n) is 23.1. The normalized spacial score (nSPS) is 23.0. The summed E-state index contributed by atoms with van der Waals surface area (Å²) in [6.45, 7) is 2.91. The van der Waals surface area contributed by atoms with E-state index in [2.05, 4.69) is 73.8 Å². The minimum Gasteiger partial charge on any atom is -0.462 e. The van der Waals surface area contributed by atoms with Gasteiger partial charge in [0.05, 0.1) is 12.7 Å². The van der Waals surface area contributed by atoms with E-state index in [0.29, 0.717) is 19.3 Å². The molecule has 364 valence electrons. The lowest BCUT2D eigenvalue weighted by Crippen LogP contribution is -2.64. The molecule has 0 bridgehead atoms. The molecule has 0 aliphatic heterocycles. The highest BCUT2D eigenvalue weighted by molar-refractivity contribution is 7.47. The highest BCUT2D eigenvalue weighted by Crippen LogP contribution is 2.47. The van der Waals surface area contributed by atoms with Crippen LogP contribution in [0.4, 0.5) is 0 Å². The van der Waals surface area contributed by atoms with Crippen LogP contribution in [-0.2, 0) is 32.7 Å². The van der Waals surface area contributed by atoms with E-state index >= 15 is 0 Å². The fourth-order valence-electron chi connectivity index (χ4n) is 6.29. The van der Waals surface area contributed by atoms with Crippen molar-refractivity contribution in [3.05, 3.63) is 97.2 Å². The average molecular weight is 923 g/mol. The number of allylic oxidation sites excluding steroid dienone is 14. The van der Waals surface area contributed by atoms with Crippen LogP contribution in [0.3, 0.4) is 0 Å². The molecule has 0 aromatic carbocycles. The monoisotopic (exact) mass is 923 g/mol. The third-order valence-electron chi connectivity index (χ3n) is 10.0. The predicted octanol–water partition coefficient (Wildman–Crippen LogP) is 8.02. The van der Waals surface area contributed by atoms with Gasteiger partial charge in [-0.25, -0.2) is 4.57 Å². The maximum absolute atomic E-state index is 12.8. The van der Waals surface area contributed by atoms with Crippen LogP contribution in [0.25, 0.3) is 0 Å². The van der Waals surface area contributed by atoms with Crippen LogP contribution < -0.4 is 0 Å². The van der Waals surface area contributed by atoms with Crippen molar-refractivity contribution >= 4 is 19.8 Å². The quantitative estimate of drug-likeness (QED) is 0.0104. The van der Waals surface area contributed by atoms with Gasteiger partial charge < -0.3 is 45.0 Å². The van der Waals surface area contributed by atoms with Gasteiger partial charge in [-0.15, -0.1) is 0 Å². The van der Waals surface area contributed by atoms with Gasteiger partial charge in [-0.1, -0.05) is 137 Å². The summed E-state index contributed by atoms with van der Waals surface area (Å²) >= 11 is 0. The van der Waals surface area contributed by atoms with E-state index in [1.54, 1.807) is 6.08 Å². The molecule has 9 atom stereocenters. The van der Waals surface area contributed by atoms with E-state index < -0.39 is 81.8 Å². The molecule has 0 saturated heterocycles. The Kier molecular flexibility index (Phi) is 34.8. The molecule has 15 heteroatoms. The second kappa shape index (κ2) is 37.9. The molecule has 1 saturated carbocycles. The Morgan fingerprint density at radius 3 is 1.62 bits per heavy atom. The Bertz CT molecular complexity index is 1500. The zero-order valence-electron chi connectivity index (χ0n) is 38.1. The first kappa shape index (κ1) is 58.7. The summed E-state index contributed by atoms with van der Waals surface area (Å²) in [5, 5.41) is 60.0. The van der Waals surface area contributed by atoms with Crippen LogP contribution in [0.2, 0.25) is 0 Å². The lowest BCUT2D eigenvalue weighted by atomic mass is 9.85. The zero-order valence-corrected chi connectivity index (χ0v) is 39.0. The summed E-state index contributed by atoms with van der Waals surface area (Å²) in [4.78, 5) is 35.7. The van der Waals surface area contributed by atoms with Crippen molar-refractivity contribution in [3.8, 4) is 0 Å². The van der Waals surface area contributed by atoms with Crippen molar-refractivity contribution in [1.82, 2.24) is 0 Å². The molecule has 1 aliphatic rings. The Morgan fingerprint density at radius 2 is 1.03 bits per heavy atom. The molecular weight excluding hydrogens is 843 g/mol. The van der Waals surface area contributed by atoms with Gasteiger partial charge in [-0.2, -0.15) is 0 Å². The molecule has 0 aromatic rings. The van der Waals surface area contributed by atoms with Crippen molar-refractivity contribution in [1.29, 1.82) is 0 Å². The van der Waals surface area contributed by atoms with E-state index in [1.807, 2.05) is 31.2 Å². The van der Waals surface area contributed by atoms with Gasteiger partial charge in [0.1, 0.15) is 43.2 Å². The Morgan fingerprint density at radius 1 is 0.562 bits per heavy atom. The number of unbranched alkanes of at least 4 members (excludes halogenated alkanes) is 8. The molecule has 0 heterocycles. The summed E-state index contributed by atoms with van der Waals surface area (Å²) in [5.41, 5.74) is 0. The smallest absolute Gasteiger partial charge is 0.462 e. The largest absolute Gasteiger partial charge is 0.472 e. The van der Waals surface area contributed by atoms with Crippen molar-refractivity contribution in [2.24, 2.45) is 0 Å². The lowest BCUT2D eigenvalue weighted by molar-refractivity contribution is -0.220. The molecule has 64 heavy (non-hydrogen) atoms. The number of carbonyl (C=O) groups excluding carboxylic acids is 2. The van der Waals surface area contributed by atoms with Crippen LogP contribution in [0.1, 0.15) is 136 Å². The van der Waals surface area contributed by atoms with E-state index in [9.17, 15) is 49.7 Å². The summed E-state index contributed by atoms with van der Waals surface area (Å²) in [6.07, 6.45) is 33.5. The first-order valence-corrected chi connectivity index (χ1v) is 24.6. The van der Waals surface area contributed by atoms with Crippen LogP contribution >= 0.6 is 7.82 Å². The summed E-state index contributed by atoms with van der Waals surface area (Å²) < 4.78 is 33.5. The SMILES string of the molecule is CC/C=C\C/C=C\C/C=C\C/C=C\C/C=C\CCCCCC(=O)O[C@H](COC(=O)CCCCCCC/C=C/C=C/C(O)C/C=C/CC)COP(=O)(O)OC1[C@H](O)[C@H](O)C(O)[C@H](O)[C@H]1O. The van der Waals surface area contributed by atoms with Gasteiger partial charge in [-0.05, 0) is 83.5 Å². The fraction of sp³-hybridized carbons (Fsp3) is 0.633.